The Morgan fingerprint density at radius 1 is 1.29 bits per heavy atom. The van der Waals surface area contributed by atoms with E-state index in [4.69, 9.17) is 0 Å². The van der Waals surface area contributed by atoms with Crippen LogP contribution in [0.1, 0.15) is 20.3 Å². The molecule has 0 N–H and O–H groups in total. The third-order valence-corrected chi connectivity index (χ3v) is 3.83. The maximum Gasteiger partial charge on any atom is 0.0366 e. The van der Waals surface area contributed by atoms with Crippen LogP contribution in [0.3, 0.4) is 0 Å². The van der Waals surface area contributed by atoms with Gasteiger partial charge in [-0.05, 0) is 45.4 Å². The highest BCUT2D eigenvalue weighted by Crippen LogP contribution is 2.24. The molecule has 1 saturated heterocycles. The molecule has 0 aromatic heterocycles. The Morgan fingerprint density at radius 3 is 2.65 bits per heavy atom. The first-order chi connectivity index (χ1) is 8.16. The van der Waals surface area contributed by atoms with E-state index in [1.807, 2.05) is 0 Å². The second kappa shape index (κ2) is 5.54. The average molecular weight is 232 g/mol. The first-order valence-corrected chi connectivity index (χ1v) is 6.67. The third-order valence-electron chi connectivity index (χ3n) is 3.83. The molecule has 0 bridgehead atoms. The predicted molar refractivity (Wildman–Crippen MR) is 74.5 cm³/mol. The van der Waals surface area contributed by atoms with Crippen LogP contribution in [0.2, 0.25) is 0 Å². The van der Waals surface area contributed by atoms with Gasteiger partial charge in [-0.2, -0.15) is 0 Å². The molecular formula is C15H24N2. The highest BCUT2D eigenvalue weighted by Gasteiger charge is 2.24. The van der Waals surface area contributed by atoms with E-state index in [9.17, 15) is 0 Å². The van der Waals surface area contributed by atoms with Gasteiger partial charge in [-0.15, -0.1) is 0 Å². The van der Waals surface area contributed by atoms with Crippen LogP contribution < -0.4 is 4.90 Å². The lowest BCUT2D eigenvalue weighted by Gasteiger charge is -2.25. The number of rotatable bonds is 4. The van der Waals surface area contributed by atoms with E-state index >= 15 is 0 Å². The Kier molecular flexibility index (Phi) is 4.06. The van der Waals surface area contributed by atoms with Gasteiger partial charge in [0.25, 0.3) is 0 Å². The second-order valence-electron chi connectivity index (χ2n) is 5.47. The lowest BCUT2D eigenvalue weighted by Crippen LogP contribution is -2.33. The van der Waals surface area contributed by atoms with E-state index in [2.05, 4.69) is 61.0 Å². The van der Waals surface area contributed by atoms with Gasteiger partial charge in [-0.3, -0.25) is 0 Å². The van der Waals surface area contributed by atoms with Crippen molar-refractivity contribution < 1.29 is 0 Å². The highest BCUT2D eigenvalue weighted by atomic mass is 15.2. The number of hydrogen-bond donors (Lipinski definition) is 0. The zero-order chi connectivity index (χ0) is 12.3. The van der Waals surface area contributed by atoms with Gasteiger partial charge in [0.15, 0.2) is 0 Å². The zero-order valence-corrected chi connectivity index (χ0v) is 11.3. The standard InChI is InChI=1S/C15H24N2/c1-13(2)16(3)11-14-9-10-17(12-14)15-7-5-4-6-8-15/h4-8,13-14H,9-12H2,1-3H3/t14-/m0/s1. The van der Waals surface area contributed by atoms with Crippen molar-refractivity contribution in [3.63, 3.8) is 0 Å². The quantitative estimate of drug-likeness (QED) is 0.787. The van der Waals surface area contributed by atoms with Crippen LogP contribution in [0, 0.1) is 5.92 Å². The van der Waals surface area contributed by atoms with Crippen molar-refractivity contribution in [1.29, 1.82) is 0 Å². The molecule has 0 spiro atoms. The molecule has 0 aliphatic carbocycles. The van der Waals surface area contributed by atoms with Gasteiger partial charge in [0.1, 0.15) is 0 Å². The smallest absolute Gasteiger partial charge is 0.0366 e. The van der Waals surface area contributed by atoms with Crippen LogP contribution in [0.15, 0.2) is 30.3 Å². The fourth-order valence-electron chi connectivity index (χ4n) is 2.47. The van der Waals surface area contributed by atoms with E-state index in [1.165, 1.54) is 31.7 Å². The Labute approximate surface area is 105 Å². The molecule has 1 aromatic carbocycles. The summed E-state index contributed by atoms with van der Waals surface area (Å²) < 4.78 is 0. The van der Waals surface area contributed by atoms with Crippen molar-refractivity contribution in [2.24, 2.45) is 5.92 Å². The molecule has 1 aliphatic rings. The van der Waals surface area contributed by atoms with Gasteiger partial charge in [0, 0.05) is 31.4 Å². The molecule has 1 atom stereocenters. The van der Waals surface area contributed by atoms with E-state index < -0.39 is 0 Å². The molecule has 1 fully saturated rings. The fourth-order valence-corrected chi connectivity index (χ4v) is 2.47. The normalized spacial score (nSPS) is 20.5. The average Bonchev–Trinajstić information content (AvgIpc) is 2.78. The van der Waals surface area contributed by atoms with Crippen molar-refractivity contribution in [3.8, 4) is 0 Å². The highest BCUT2D eigenvalue weighted by molar-refractivity contribution is 5.46. The van der Waals surface area contributed by atoms with Crippen LogP contribution >= 0.6 is 0 Å². The van der Waals surface area contributed by atoms with Crippen molar-refractivity contribution in [2.45, 2.75) is 26.3 Å². The number of hydrogen-bond acceptors (Lipinski definition) is 2. The van der Waals surface area contributed by atoms with E-state index in [0.29, 0.717) is 6.04 Å². The first-order valence-electron chi connectivity index (χ1n) is 6.67. The van der Waals surface area contributed by atoms with Crippen LogP contribution in [0.25, 0.3) is 0 Å². The minimum atomic E-state index is 0.653. The van der Waals surface area contributed by atoms with E-state index in [1.54, 1.807) is 0 Å². The molecule has 2 heteroatoms. The van der Waals surface area contributed by atoms with Crippen LogP contribution in [-0.2, 0) is 0 Å². The molecular weight excluding hydrogens is 208 g/mol. The summed E-state index contributed by atoms with van der Waals surface area (Å²) in [7, 11) is 2.23. The first kappa shape index (κ1) is 12.4. The molecule has 1 aliphatic heterocycles. The van der Waals surface area contributed by atoms with Gasteiger partial charge >= 0.3 is 0 Å². The lowest BCUT2D eigenvalue weighted by atomic mass is 10.1. The fraction of sp³-hybridized carbons (Fsp3) is 0.600. The summed E-state index contributed by atoms with van der Waals surface area (Å²) in [5, 5.41) is 0. The second-order valence-corrected chi connectivity index (χ2v) is 5.47. The van der Waals surface area contributed by atoms with Crippen LogP contribution in [-0.4, -0.2) is 37.6 Å². The molecule has 2 rings (SSSR count). The molecule has 2 nitrogen and oxygen atoms in total. The third kappa shape index (κ3) is 3.22. The number of nitrogens with zero attached hydrogens (tertiary/aromatic N) is 2. The SMILES string of the molecule is CC(C)N(C)C[C@@H]1CCN(c2ccccc2)C1. The van der Waals surface area contributed by atoms with Crippen LogP contribution in [0.4, 0.5) is 5.69 Å². The van der Waals surface area contributed by atoms with Gasteiger partial charge < -0.3 is 9.80 Å². The topological polar surface area (TPSA) is 6.48 Å². The van der Waals surface area contributed by atoms with E-state index in [0.717, 1.165) is 5.92 Å². The molecule has 0 radical (unpaired) electrons. The summed E-state index contributed by atoms with van der Waals surface area (Å²) in [6.07, 6.45) is 1.33. The molecule has 17 heavy (non-hydrogen) atoms. The van der Waals surface area contributed by atoms with Gasteiger partial charge in [-0.25, -0.2) is 0 Å². The molecule has 94 valence electrons. The Balaban J connectivity index is 1.88. The largest absolute Gasteiger partial charge is 0.371 e. The summed E-state index contributed by atoms with van der Waals surface area (Å²) >= 11 is 0. The summed E-state index contributed by atoms with van der Waals surface area (Å²) in [5.41, 5.74) is 1.38. The minimum Gasteiger partial charge on any atom is -0.371 e. The van der Waals surface area contributed by atoms with E-state index in [-0.39, 0.29) is 0 Å². The van der Waals surface area contributed by atoms with Crippen molar-refractivity contribution in [2.75, 3.05) is 31.6 Å². The number of para-hydroxylation sites is 1. The minimum absolute atomic E-state index is 0.653. The Morgan fingerprint density at radius 2 is 2.00 bits per heavy atom. The molecule has 1 heterocycles. The number of anilines is 1. The summed E-state index contributed by atoms with van der Waals surface area (Å²) in [4.78, 5) is 4.97. The summed E-state index contributed by atoms with van der Waals surface area (Å²) in [6, 6.07) is 11.4. The summed E-state index contributed by atoms with van der Waals surface area (Å²) in [6.45, 7) is 8.18. The Hall–Kier alpha value is -1.02. The molecule has 0 saturated carbocycles. The molecule has 0 amide bonds. The van der Waals surface area contributed by atoms with Gasteiger partial charge in [0.2, 0.25) is 0 Å². The van der Waals surface area contributed by atoms with Crippen LogP contribution in [0.5, 0.6) is 0 Å². The van der Waals surface area contributed by atoms with Gasteiger partial charge in [0.05, 0.1) is 0 Å². The monoisotopic (exact) mass is 232 g/mol. The lowest BCUT2D eigenvalue weighted by molar-refractivity contribution is 0.238. The molecule has 1 aromatic rings. The maximum absolute atomic E-state index is 2.51. The summed E-state index contributed by atoms with van der Waals surface area (Å²) in [5.74, 6) is 0.822. The van der Waals surface area contributed by atoms with Crippen molar-refractivity contribution in [3.05, 3.63) is 30.3 Å². The zero-order valence-electron chi connectivity index (χ0n) is 11.3. The van der Waals surface area contributed by atoms with Crippen molar-refractivity contribution in [1.82, 2.24) is 4.90 Å². The molecule has 0 unspecified atom stereocenters. The predicted octanol–water partition coefficient (Wildman–Crippen LogP) is 2.85. The van der Waals surface area contributed by atoms with Crippen molar-refractivity contribution >= 4 is 5.69 Å². The van der Waals surface area contributed by atoms with Gasteiger partial charge in [-0.1, -0.05) is 18.2 Å². The Bertz CT molecular complexity index is 334. The number of benzene rings is 1. The maximum atomic E-state index is 2.51.